The number of carbonyl (C=O) groups excluding carboxylic acids is 1. The number of aromatic nitrogens is 2. The molecule has 0 aliphatic heterocycles. The minimum atomic E-state index is -0.374. The summed E-state index contributed by atoms with van der Waals surface area (Å²) in [5, 5.41) is 0. The molecule has 1 heterocycles. The first-order chi connectivity index (χ1) is 9.97. The average Bonchev–Trinajstić information content (AvgIpc) is 2.76. The van der Waals surface area contributed by atoms with E-state index in [2.05, 4.69) is 20.9 Å². The van der Waals surface area contributed by atoms with Crippen LogP contribution in [-0.4, -0.2) is 39.8 Å². The van der Waals surface area contributed by atoms with Crippen molar-refractivity contribution < 1.29 is 9.18 Å². The number of aryl methyl sites for hydroxylation is 1. The Morgan fingerprint density at radius 2 is 2.24 bits per heavy atom. The molecule has 0 aliphatic rings. The number of alkyl halides is 1. The quantitative estimate of drug-likeness (QED) is 0.752. The van der Waals surface area contributed by atoms with Gasteiger partial charge in [0.1, 0.15) is 18.2 Å². The molecular formula is C14H16BrClFN3O. The molecule has 2 rings (SSSR count). The van der Waals surface area contributed by atoms with Gasteiger partial charge in [-0.05, 0) is 28.9 Å². The van der Waals surface area contributed by atoms with E-state index in [1.807, 2.05) is 6.92 Å². The van der Waals surface area contributed by atoms with E-state index >= 15 is 0 Å². The number of benzene rings is 1. The Morgan fingerprint density at radius 1 is 1.52 bits per heavy atom. The molecule has 0 unspecified atom stereocenters. The lowest BCUT2D eigenvalue weighted by molar-refractivity contribution is -0.130. The molecule has 1 amide bonds. The van der Waals surface area contributed by atoms with Gasteiger partial charge in [-0.2, -0.15) is 0 Å². The molecular weight excluding hydrogens is 361 g/mol. The first kappa shape index (κ1) is 16.2. The molecule has 1 aromatic carbocycles. The Bertz CT molecular complexity index is 674. The zero-order valence-electron chi connectivity index (χ0n) is 11.9. The van der Waals surface area contributed by atoms with Crippen molar-refractivity contribution in [1.82, 2.24) is 14.5 Å². The van der Waals surface area contributed by atoms with Crippen LogP contribution in [0.1, 0.15) is 12.7 Å². The van der Waals surface area contributed by atoms with Crippen LogP contribution in [0.2, 0.25) is 0 Å². The number of amides is 1. The van der Waals surface area contributed by atoms with E-state index in [4.69, 9.17) is 11.6 Å². The van der Waals surface area contributed by atoms with E-state index in [0.717, 1.165) is 5.52 Å². The molecule has 7 heteroatoms. The highest BCUT2D eigenvalue weighted by atomic mass is 79.9. The van der Waals surface area contributed by atoms with Crippen LogP contribution in [0.15, 0.2) is 16.6 Å². The summed E-state index contributed by atoms with van der Waals surface area (Å²) < 4.78 is 15.8. The SMILES string of the molecule is CCN(C)C(=O)Cn1c(CCCl)nc2cc(F)c(Br)cc21. The Labute approximate surface area is 136 Å². The smallest absolute Gasteiger partial charge is 0.242 e. The van der Waals surface area contributed by atoms with Crippen LogP contribution >= 0.6 is 27.5 Å². The average molecular weight is 377 g/mol. The number of nitrogens with zero attached hydrogens (tertiary/aromatic N) is 3. The molecule has 0 atom stereocenters. The highest BCUT2D eigenvalue weighted by Crippen LogP contribution is 2.24. The number of rotatable bonds is 5. The molecule has 0 aliphatic carbocycles. The van der Waals surface area contributed by atoms with Crippen molar-refractivity contribution >= 4 is 44.5 Å². The maximum Gasteiger partial charge on any atom is 0.242 e. The van der Waals surface area contributed by atoms with E-state index in [1.54, 1.807) is 22.6 Å². The van der Waals surface area contributed by atoms with Gasteiger partial charge in [0, 0.05) is 32.0 Å². The predicted molar refractivity (Wildman–Crippen MR) is 85.1 cm³/mol. The van der Waals surface area contributed by atoms with Gasteiger partial charge < -0.3 is 9.47 Å². The number of imidazole rings is 1. The standard InChI is InChI=1S/C14H16BrClFN3O/c1-3-19(2)14(21)8-20-12-6-9(15)10(17)7-11(12)18-13(20)4-5-16/h6-7H,3-5,8H2,1-2H3. The summed E-state index contributed by atoms with van der Waals surface area (Å²) in [6.07, 6.45) is 0.526. The normalized spacial score (nSPS) is 11.1. The zero-order valence-corrected chi connectivity index (χ0v) is 14.2. The largest absolute Gasteiger partial charge is 0.344 e. The number of carbonyl (C=O) groups is 1. The lowest BCUT2D eigenvalue weighted by atomic mass is 10.3. The van der Waals surface area contributed by atoms with Gasteiger partial charge in [0.15, 0.2) is 0 Å². The zero-order chi connectivity index (χ0) is 15.6. The molecule has 114 valence electrons. The van der Waals surface area contributed by atoms with Crippen molar-refractivity contribution in [3.8, 4) is 0 Å². The summed E-state index contributed by atoms with van der Waals surface area (Å²) in [6.45, 7) is 2.72. The fourth-order valence-electron chi connectivity index (χ4n) is 2.05. The van der Waals surface area contributed by atoms with Crippen molar-refractivity contribution in [1.29, 1.82) is 0 Å². The third-order valence-corrected chi connectivity index (χ3v) is 4.18. The van der Waals surface area contributed by atoms with Gasteiger partial charge in [-0.1, -0.05) is 0 Å². The second kappa shape index (κ2) is 6.75. The van der Waals surface area contributed by atoms with Crippen molar-refractivity contribution in [2.75, 3.05) is 19.5 Å². The van der Waals surface area contributed by atoms with Crippen molar-refractivity contribution in [3.63, 3.8) is 0 Å². The summed E-state index contributed by atoms with van der Waals surface area (Å²) in [7, 11) is 1.75. The van der Waals surface area contributed by atoms with Gasteiger partial charge >= 0.3 is 0 Å². The summed E-state index contributed by atoms with van der Waals surface area (Å²) in [5.41, 5.74) is 1.25. The van der Waals surface area contributed by atoms with E-state index < -0.39 is 0 Å². The fraction of sp³-hybridized carbons (Fsp3) is 0.429. The first-order valence-corrected chi connectivity index (χ1v) is 7.94. The third kappa shape index (κ3) is 3.37. The molecule has 0 saturated carbocycles. The molecule has 21 heavy (non-hydrogen) atoms. The minimum Gasteiger partial charge on any atom is -0.344 e. The number of likely N-dealkylation sites (N-methyl/N-ethyl adjacent to an activating group) is 1. The topological polar surface area (TPSA) is 38.1 Å². The highest BCUT2D eigenvalue weighted by Gasteiger charge is 2.17. The molecule has 1 aromatic heterocycles. The second-order valence-corrected chi connectivity index (χ2v) is 5.95. The Morgan fingerprint density at radius 3 is 2.86 bits per heavy atom. The van der Waals surface area contributed by atoms with Gasteiger partial charge in [0.25, 0.3) is 0 Å². The van der Waals surface area contributed by atoms with Gasteiger partial charge in [-0.15, -0.1) is 11.6 Å². The Kier molecular flexibility index (Phi) is 5.22. The molecule has 2 aromatic rings. The van der Waals surface area contributed by atoms with Crippen LogP contribution in [0.4, 0.5) is 4.39 Å². The van der Waals surface area contributed by atoms with Gasteiger partial charge in [0.2, 0.25) is 5.91 Å². The molecule has 0 saturated heterocycles. The molecule has 4 nitrogen and oxygen atoms in total. The van der Waals surface area contributed by atoms with Crippen LogP contribution in [0.25, 0.3) is 11.0 Å². The molecule has 0 N–H and O–H groups in total. The van der Waals surface area contributed by atoms with Gasteiger partial charge in [-0.25, -0.2) is 9.37 Å². The van der Waals surface area contributed by atoms with E-state index in [-0.39, 0.29) is 18.3 Å². The molecule has 0 fully saturated rings. The van der Waals surface area contributed by atoms with Gasteiger partial charge in [0.05, 0.1) is 15.5 Å². The third-order valence-electron chi connectivity index (χ3n) is 3.38. The molecule has 0 spiro atoms. The highest BCUT2D eigenvalue weighted by molar-refractivity contribution is 9.10. The van der Waals surface area contributed by atoms with Gasteiger partial charge in [-0.3, -0.25) is 4.79 Å². The summed E-state index contributed by atoms with van der Waals surface area (Å²) >= 11 is 8.96. The fourth-order valence-corrected chi connectivity index (χ4v) is 2.55. The predicted octanol–water partition coefficient (Wildman–Crippen LogP) is 3.20. The van der Waals surface area contributed by atoms with Crippen molar-refractivity contribution in [3.05, 3.63) is 28.2 Å². The second-order valence-electron chi connectivity index (χ2n) is 4.72. The maximum absolute atomic E-state index is 13.6. The van der Waals surface area contributed by atoms with E-state index in [1.165, 1.54) is 6.07 Å². The van der Waals surface area contributed by atoms with Crippen LogP contribution < -0.4 is 0 Å². The van der Waals surface area contributed by atoms with Crippen LogP contribution in [0, 0.1) is 5.82 Å². The van der Waals surface area contributed by atoms with Crippen LogP contribution in [-0.2, 0) is 17.8 Å². The number of halogens is 3. The van der Waals surface area contributed by atoms with Crippen LogP contribution in [0.5, 0.6) is 0 Å². The number of hydrogen-bond donors (Lipinski definition) is 0. The lowest BCUT2D eigenvalue weighted by Crippen LogP contribution is -2.30. The summed E-state index contributed by atoms with van der Waals surface area (Å²) in [6, 6.07) is 3.01. The maximum atomic E-state index is 13.6. The minimum absolute atomic E-state index is 0.0203. The van der Waals surface area contributed by atoms with E-state index in [9.17, 15) is 9.18 Å². The summed E-state index contributed by atoms with van der Waals surface area (Å²) in [4.78, 5) is 18.2. The van der Waals surface area contributed by atoms with Crippen LogP contribution in [0.3, 0.4) is 0 Å². The van der Waals surface area contributed by atoms with Crippen molar-refractivity contribution in [2.45, 2.75) is 19.9 Å². The van der Waals surface area contributed by atoms with Crippen molar-refractivity contribution in [2.24, 2.45) is 0 Å². The number of fused-ring (bicyclic) bond motifs is 1. The summed E-state index contributed by atoms with van der Waals surface area (Å²) in [5.74, 6) is 0.690. The molecule has 0 bridgehead atoms. The Balaban J connectivity index is 2.50. The number of hydrogen-bond acceptors (Lipinski definition) is 2. The Hall–Kier alpha value is -1.14. The lowest BCUT2D eigenvalue weighted by Gasteiger charge is -2.16. The van der Waals surface area contributed by atoms with E-state index in [0.29, 0.717) is 34.7 Å². The monoisotopic (exact) mass is 375 g/mol. The molecule has 0 radical (unpaired) electrons. The first-order valence-electron chi connectivity index (χ1n) is 6.62.